The highest BCUT2D eigenvalue weighted by Crippen LogP contribution is 2.16. The number of nitrogens with zero attached hydrogens (tertiary/aromatic N) is 2. The van der Waals surface area contributed by atoms with Crippen molar-refractivity contribution < 1.29 is 14.3 Å². The third-order valence-electron chi connectivity index (χ3n) is 2.11. The molecular weight excluding hydrogens is 184 g/mol. The molecule has 0 radical (unpaired) electrons. The average molecular weight is 196 g/mol. The first-order valence-corrected chi connectivity index (χ1v) is 4.60. The van der Waals surface area contributed by atoms with E-state index in [1.165, 1.54) is 6.20 Å². The molecule has 0 saturated carbocycles. The molecule has 0 aromatic carbocycles. The molecule has 0 bridgehead atoms. The lowest BCUT2D eigenvalue weighted by Crippen LogP contribution is -2.30. The lowest BCUT2D eigenvalue weighted by molar-refractivity contribution is -0.0287. The zero-order valence-electron chi connectivity index (χ0n) is 7.97. The normalized spacial score (nSPS) is 16.4. The summed E-state index contributed by atoms with van der Waals surface area (Å²) in [6, 6.07) is 0.276. The van der Waals surface area contributed by atoms with Gasteiger partial charge in [-0.05, 0) is 6.92 Å². The van der Waals surface area contributed by atoms with Gasteiger partial charge < -0.3 is 9.47 Å². The van der Waals surface area contributed by atoms with Crippen LogP contribution in [0.1, 0.15) is 23.3 Å². The summed E-state index contributed by atoms with van der Waals surface area (Å²) < 4.78 is 11.6. The van der Waals surface area contributed by atoms with Crippen molar-refractivity contribution in [3.05, 3.63) is 18.0 Å². The second kappa shape index (κ2) is 3.79. The van der Waals surface area contributed by atoms with E-state index < -0.39 is 0 Å². The van der Waals surface area contributed by atoms with E-state index in [2.05, 4.69) is 5.10 Å². The fourth-order valence-electron chi connectivity index (χ4n) is 1.23. The van der Waals surface area contributed by atoms with E-state index in [1.54, 1.807) is 17.8 Å². The van der Waals surface area contributed by atoms with E-state index in [1.807, 2.05) is 0 Å². The van der Waals surface area contributed by atoms with Crippen LogP contribution in [0.2, 0.25) is 0 Å². The van der Waals surface area contributed by atoms with E-state index in [0.29, 0.717) is 25.4 Å². The van der Waals surface area contributed by atoms with Crippen LogP contribution in [0.4, 0.5) is 0 Å². The Morgan fingerprint density at radius 1 is 1.79 bits per heavy atom. The average Bonchev–Trinajstić information content (AvgIpc) is 2.50. The number of hydrogen-bond acceptors (Lipinski definition) is 4. The largest absolute Gasteiger partial charge is 0.462 e. The molecule has 0 N–H and O–H groups in total. The highest BCUT2D eigenvalue weighted by Gasteiger charge is 2.22. The van der Waals surface area contributed by atoms with Gasteiger partial charge in [0.25, 0.3) is 0 Å². The van der Waals surface area contributed by atoms with E-state index in [9.17, 15) is 4.79 Å². The minimum Gasteiger partial charge on any atom is -0.462 e. The Morgan fingerprint density at radius 2 is 2.57 bits per heavy atom. The van der Waals surface area contributed by atoms with Crippen molar-refractivity contribution in [3.63, 3.8) is 0 Å². The van der Waals surface area contributed by atoms with Gasteiger partial charge in [0.05, 0.1) is 37.6 Å². The van der Waals surface area contributed by atoms with Gasteiger partial charge in [-0.3, -0.25) is 4.68 Å². The van der Waals surface area contributed by atoms with Crippen molar-refractivity contribution in [2.45, 2.75) is 13.0 Å². The topological polar surface area (TPSA) is 53.3 Å². The molecule has 0 aliphatic carbocycles. The highest BCUT2D eigenvalue weighted by molar-refractivity contribution is 5.88. The smallest absolute Gasteiger partial charge is 0.341 e. The van der Waals surface area contributed by atoms with Gasteiger partial charge >= 0.3 is 5.97 Å². The van der Waals surface area contributed by atoms with Crippen molar-refractivity contribution in [2.75, 3.05) is 19.8 Å². The standard InChI is InChI=1S/C9H12N2O3/c1-2-14-9(12)7-3-10-11(4-7)8-5-13-6-8/h3-4,8H,2,5-6H2,1H3. The van der Waals surface area contributed by atoms with Gasteiger partial charge in [0, 0.05) is 6.20 Å². The molecule has 1 saturated heterocycles. The van der Waals surface area contributed by atoms with Crippen LogP contribution in [-0.2, 0) is 9.47 Å². The molecule has 5 heteroatoms. The van der Waals surface area contributed by atoms with E-state index in [-0.39, 0.29) is 12.0 Å². The van der Waals surface area contributed by atoms with Crippen LogP contribution in [0.25, 0.3) is 0 Å². The van der Waals surface area contributed by atoms with Crippen molar-refractivity contribution in [2.24, 2.45) is 0 Å². The molecule has 1 aromatic rings. The Labute approximate surface area is 81.6 Å². The van der Waals surface area contributed by atoms with Crippen LogP contribution in [0, 0.1) is 0 Å². The van der Waals surface area contributed by atoms with Crippen molar-refractivity contribution in [3.8, 4) is 0 Å². The Balaban J connectivity index is 2.05. The number of carbonyl (C=O) groups is 1. The van der Waals surface area contributed by atoms with Gasteiger partial charge in [0.15, 0.2) is 0 Å². The first kappa shape index (κ1) is 9.21. The maximum atomic E-state index is 11.3. The predicted octanol–water partition coefficient (Wildman–Crippen LogP) is 0.631. The number of carbonyl (C=O) groups excluding carboxylic acids is 1. The van der Waals surface area contributed by atoms with Gasteiger partial charge in [-0.2, -0.15) is 5.10 Å². The van der Waals surface area contributed by atoms with Crippen LogP contribution in [-0.4, -0.2) is 35.6 Å². The Morgan fingerprint density at radius 3 is 3.14 bits per heavy atom. The molecule has 0 atom stereocenters. The van der Waals surface area contributed by atoms with Crippen molar-refractivity contribution in [1.82, 2.24) is 9.78 Å². The summed E-state index contributed by atoms with van der Waals surface area (Å²) in [5, 5.41) is 4.08. The van der Waals surface area contributed by atoms with E-state index >= 15 is 0 Å². The summed E-state index contributed by atoms with van der Waals surface area (Å²) in [5.41, 5.74) is 0.499. The fraction of sp³-hybridized carbons (Fsp3) is 0.556. The monoisotopic (exact) mass is 196 g/mol. The molecule has 76 valence electrons. The van der Waals surface area contributed by atoms with E-state index in [0.717, 1.165) is 0 Å². The minimum absolute atomic E-state index is 0.276. The van der Waals surface area contributed by atoms with Gasteiger partial charge in [-0.15, -0.1) is 0 Å². The fourth-order valence-corrected chi connectivity index (χ4v) is 1.23. The van der Waals surface area contributed by atoms with E-state index in [4.69, 9.17) is 9.47 Å². The highest BCUT2D eigenvalue weighted by atomic mass is 16.5. The molecule has 0 unspecified atom stereocenters. The summed E-state index contributed by atoms with van der Waals surface area (Å²) in [4.78, 5) is 11.3. The summed E-state index contributed by atoms with van der Waals surface area (Å²) in [6.45, 7) is 3.51. The maximum absolute atomic E-state index is 11.3. The van der Waals surface area contributed by atoms with Crippen LogP contribution in [0.5, 0.6) is 0 Å². The third-order valence-corrected chi connectivity index (χ3v) is 2.11. The number of rotatable bonds is 3. The lowest BCUT2D eigenvalue weighted by atomic mass is 10.3. The SMILES string of the molecule is CCOC(=O)c1cnn(C2COC2)c1. The zero-order chi connectivity index (χ0) is 9.97. The number of ether oxygens (including phenoxy) is 2. The molecule has 2 rings (SSSR count). The molecule has 2 heterocycles. The number of hydrogen-bond donors (Lipinski definition) is 0. The van der Waals surface area contributed by atoms with Gasteiger partial charge in [-0.25, -0.2) is 4.79 Å². The molecule has 1 aliphatic rings. The van der Waals surface area contributed by atoms with Gasteiger partial charge in [-0.1, -0.05) is 0 Å². The Bertz CT molecular complexity index is 331. The molecule has 5 nitrogen and oxygen atoms in total. The first-order chi connectivity index (χ1) is 6.81. The molecule has 1 aliphatic heterocycles. The van der Waals surface area contributed by atoms with Crippen LogP contribution in [0.15, 0.2) is 12.4 Å². The predicted molar refractivity (Wildman–Crippen MR) is 48.0 cm³/mol. The molecule has 0 spiro atoms. The molecule has 1 aromatic heterocycles. The summed E-state index contributed by atoms with van der Waals surface area (Å²) in [6.07, 6.45) is 3.22. The van der Waals surface area contributed by atoms with Crippen molar-refractivity contribution in [1.29, 1.82) is 0 Å². The van der Waals surface area contributed by atoms with Gasteiger partial charge in [0.2, 0.25) is 0 Å². The quantitative estimate of drug-likeness (QED) is 0.665. The summed E-state index contributed by atoms with van der Waals surface area (Å²) >= 11 is 0. The van der Waals surface area contributed by atoms with Crippen LogP contribution in [0.3, 0.4) is 0 Å². The maximum Gasteiger partial charge on any atom is 0.341 e. The molecule has 0 amide bonds. The molecule has 14 heavy (non-hydrogen) atoms. The van der Waals surface area contributed by atoms with Crippen molar-refractivity contribution >= 4 is 5.97 Å². The Kier molecular flexibility index (Phi) is 2.49. The second-order valence-electron chi connectivity index (χ2n) is 3.12. The minimum atomic E-state index is -0.320. The number of aromatic nitrogens is 2. The third kappa shape index (κ3) is 1.63. The zero-order valence-corrected chi connectivity index (χ0v) is 7.97. The summed E-state index contributed by atoms with van der Waals surface area (Å²) in [5.74, 6) is -0.320. The molecular formula is C9H12N2O3. The van der Waals surface area contributed by atoms with Crippen LogP contribution < -0.4 is 0 Å². The van der Waals surface area contributed by atoms with Crippen LogP contribution >= 0.6 is 0 Å². The first-order valence-electron chi connectivity index (χ1n) is 4.60. The second-order valence-corrected chi connectivity index (χ2v) is 3.12. The summed E-state index contributed by atoms with van der Waals surface area (Å²) in [7, 11) is 0. The lowest BCUT2D eigenvalue weighted by Gasteiger charge is -2.25. The number of esters is 1. The molecule has 1 fully saturated rings. The Hall–Kier alpha value is -1.36. The van der Waals surface area contributed by atoms with Gasteiger partial charge in [0.1, 0.15) is 0 Å².